The van der Waals surface area contributed by atoms with Gasteiger partial charge in [0.05, 0.1) is 10.5 Å². The number of piperidine rings is 1. The van der Waals surface area contributed by atoms with Gasteiger partial charge in [0, 0.05) is 30.9 Å². The summed E-state index contributed by atoms with van der Waals surface area (Å²) in [6.45, 7) is 1.36. The first-order valence-corrected chi connectivity index (χ1v) is 8.05. The molecule has 1 aromatic carbocycles. The number of nitrogens with zero attached hydrogens (tertiary/aromatic N) is 3. The van der Waals surface area contributed by atoms with Gasteiger partial charge in [-0.2, -0.15) is 0 Å². The molecule has 0 bridgehead atoms. The van der Waals surface area contributed by atoms with Crippen molar-refractivity contribution in [2.24, 2.45) is 5.73 Å². The smallest absolute Gasteiger partial charge is 0.288 e. The van der Waals surface area contributed by atoms with Crippen molar-refractivity contribution in [1.82, 2.24) is 4.98 Å². The zero-order valence-electron chi connectivity index (χ0n) is 13.6. The number of carbonyl (C=O) groups is 1. The van der Waals surface area contributed by atoms with Crippen LogP contribution in [-0.4, -0.2) is 34.9 Å². The Morgan fingerprint density at radius 2 is 2.12 bits per heavy atom. The molecule has 1 unspecified atom stereocenters. The number of amides is 1. The van der Waals surface area contributed by atoms with Gasteiger partial charge in [-0.25, -0.2) is 4.98 Å². The number of primary amides is 1. The molecule has 1 aromatic heterocycles. The maximum absolute atomic E-state index is 11.7. The molecule has 3 N–H and O–H groups in total. The highest BCUT2D eigenvalue weighted by Crippen LogP contribution is 2.26. The monoisotopic (exact) mass is 341 g/mol. The van der Waals surface area contributed by atoms with Crippen LogP contribution in [0.15, 0.2) is 42.6 Å². The third-order valence-corrected chi connectivity index (χ3v) is 4.19. The molecule has 130 valence electrons. The predicted octanol–water partition coefficient (Wildman–Crippen LogP) is 2.17. The lowest BCUT2D eigenvalue weighted by Crippen LogP contribution is -2.43. The number of benzene rings is 1. The number of para-hydroxylation sites is 1. The fourth-order valence-electron chi connectivity index (χ4n) is 3.04. The molecular weight excluding hydrogens is 322 g/mol. The van der Waals surface area contributed by atoms with Gasteiger partial charge in [-0.15, -0.1) is 0 Å². The molecule has 0 radical (unpaired) electrons. The van der Waals surface area contributed by atoms with Gasteiger partial charge in [0.2, 0.25) is 0 Å². The first-order valence-electron chi connectivity index (χ1n) is 8.05. The number of nitro groups is 1. The number of carbonyl (C=O) groups excluding carboxylic acids is 1. The summed E-state index contributed by atoms with van der Waals surface area (Å²) in [6, 6.07) is 11.3. The average Bonchev–Trinajstić information content (AvgIpc) is 2.62. The molecule has 0 spiro atoms. The minimum atomic E-state index is -0.718. The summed E-state index contributed by atoms with van der Waals surface area (Å²) in [4.78, 5) is 28.1. The van der Waals surface area contributed by atoms with E-state index in [4.69, 9.17) is 5.73 Å². The largest absolute Gasteiger partial charge is 0.381 e. The van der Waals surface area contributed by atoms with Gasteiger partial charge < -0.3 is 16.0 Å². The minimum Gasteiger partial charge on any atom is -0.381 e. The van der Waals surface area contributed by atoms with E-state index < -0.39 is 10.8 Å². The average molecular weight is 341 g/mol. The quantitative estimate of drug-likeness (QED) is 0.636. The van der Waals surface area contributed by atoms with Gasteiger partial charge in [0.1, 0.15) is 12.0 Å². The molecule has 1 aliphatic heterocycles. The molecule has 1 atom stereocenters. The number of nitrogens with two attached hydrogens (primary N) is 1. The van der Waals surface area contributed by atoms with Gasteiger partial charge in [0.15, 0.2) is 0 Å². The lowest BCUT2D eigenvalue weighted by atomic mass is 10.0. The summed E-state index contributed by atoms with van der Waals surface area (Å²) in [7, 11) is 0. The number of hydrogen-bond donors (Lipinski definition) is 2. The van der Waals surface area contributed by atoms with Crippen molar-refractivity contribution >= 4 is 23.1 Å². The maximum Gasteiger partial charge on any atom is 0.288 e. The highest BCUT2D eigenvalue weighted by atomic mass is 16.6. The van der Waals surface area contributed by atoms with Crippen LogP contribution in [0, 0.1) is 10.1 Å². The van der Waals surface area contributed by atoms with Crippen LogP contribution in [0.5, 0.6) is 0 Å². The Balaban J connectivity index is 1.81. The molecule has 2 heterocycles. The molecular formula is C17H19N5O3. The zero-order valence-corrected chi connectivity index (χ0v) is 13.6. The zero-order chi connectivity index (χ0) is 17.8. The van der Waals surface area contributed by atoms with Crippen molar-refractivity contribution < 1.29 is 9.72 Å². The van der Waals surface area contributed by atoms with E-state index in [1.165, 1.54) is 6.07 Å². The number of pyridine rings is 1. The molecule has 25 heavy (non-hydrogen) atoms. The minimum absolute atomic E-state index is 0.0783. The Bertz CT molecular complexity index is 781. The first kappa shape index (κ1) is 16.7. The van der Waals surface area contributed by atoms with E-state index in [1.807, 2.05) is 35.2 Å². The third kappa shape index (κ3) is 3.85. The second-order valence-electron chi connectivity index (χ2n) is 5.98. The standard InChI is InChI=1S/C17H19N5O3/c18-16(23)15-9-14(22(24)25)10-19-17(15)21-8-4-7-13(11-21)20-12-5-2-1-3-6-12/h1-3,5-6,9-10,13,20H,4,7-8,11H2,(H2,18,23). The molecule has 1 fully saturated rings. The Morgan fingerprint density at radius 1 is 1.36 bits per heavy atom. The number of aromatic nitrogens is 1. The summed E-state index contributed by atoms with van der Waals surface area (Å²) in [5, 5.41) is 14.4. The van der Waals surface area contributed by atoms with Crippen molar-refractivity contribution in [1.29, 1.82) is 0 Å². The van der Waals surface area contributed by atoms with Crippen LogP contribution < -0.4 is 16.0 Å². The van der Waals surface area contributed by atoms with E-state index in [-0.39, 0.29) is 17.3 Å². The van der Waals surface area contributed by atoms with Crippen molar-refractivity contribution in [3.05, 3.63) is 58.3 Å². The molecule has 1 amide bonds. The highest BCUT2D eigenvalue weighted by Gasteiger charge is 2.25. The summed E-state index contributed by atoms with van der Waals surface area (Å²) < 4.78 is 0. The third-order valence-electron chi connectivity index (χ3n) is 4.19. The second-order valence-corrected chi connectivity index (χ2v) is 5.98. The van der Waals surface area contributed by atoms with Gasteiger partial charge in [-0.1, -0.05) is 18.2 Å². The van der Waals surface area contributed by atoms with Gasteiger partial charge >= 0.3 is 0 Å². The van der Waals surface area contributed by atoms with E-state index in [0.29, 0.717) is 12.4 Å². The summed E-state index contributed by atoms with van der Waals surface area (Å²) in [5.41, 5.74) is 6.27. The molecule has 1 aliphatic rings. The van der Waals surface area contributed by atoms with Crippen molar-refractivity contribution in [3.8, 4) is 0 Å². The predicted molar refractivity (Wildman–Crippen MR) is 94.7 cm³/mol. The maximum atomic E-state index is 11.7. The lowest BCUT2D eigenvalue weighted by molar-refractivity contribution is -0.385. The Kier molecular flexibility index (Phi) is 4.78. The van der Waals surface area contributed by atoms with Crippen LogP contribution in [0.4, 0.5) is 17.2 Å². The summed E-state index contributed by atoms with van der Waals surface area (Å²) in [6.07, 6.45) is 3.07. The summed E-state index contributed by atoms with van der Waals surface area (Å²) >= 11 is 0. The SMILES string of the molecule is NC(=O)c1cc([N+](=O)[O-])cnc1N1CCCC(Nc2ccccc2)C1. The fraction of sp³-hybridized carbons (Fsp3) is 0.294. The van der Waals surface area contributed by atoms with E-state index >= 15 is 0 Å². The molecule has 3 rings (SSSR count). The normalized spacial score (nSPS) is 17.1. The molecule has 2 aromatic rings. The number of rotatable bonds is 5. The van der Waals surface area contributed by atoms with Crippen LogP contribution in [0.2, 0.25) is 0 Å². The number of nitrogens with one attached hydrogen (secondary N) is 1. The van der Waals surface area contributed by atoms with Crippen LogP contribution in [0.1, 0.15) is 23.2 Å². The molecule has 8 heteroatoms. The molecule has 1 saturated heterocycles. The van der Waals surface area contributed by atoms with E-state index in [2.05, 4.69) is 10.3 Å². The number of anilines is 2. The number of hydrogen-bond acceptors (Lipinski definition) is 6. The van der Waals surface area contributed by atoms with Crippen LogP contribution >= 0.6 is 0 Å². The molecule has 0 aliphatic carbocycles. The Morgan fingerprint density at radius 3 is 2.80 bits per heavy atom. The molecule has 0 saturated carbocycles. The van der Waals surface area contributed by atoms with Gasteiger partial charge in [-0.05, 0) is 25.0 Å². The van der Waals surface area contributed by atoms with E-state index in [0.717, 1.165) is 31.3 Å². The van der Waals surface area contributed by atoms with Gasteiger partial charge in [-0.3, -0.25) is 14.9 Å². The highest BCUT2D eigenvalue weighted by molar-refractivity contribution is 5.98. The van der Waals surface area contributed by atoms with Crippen LogP contribution in [-0.2, 0) is 0 Å². The van der Waals surface area contributed by atoms with Gasteiger partial charge in [0.25, 0.3) is 11.6 Å². The Hall–Kier alpha value is -3.16. The van der Waals surface area contributed by atoms with Crippen molar-refractivity contribution in [2.75, 3.05) is 23.3 Å². The molecule has 8 nitrogen and oxygen atoms in total. The van der Waals surface area contributed by atoms with Crippen molar-refractivity contribution in [3.63, 3.8) is 0 Å². The second kappa shape index (κ2) is 7.16. The van der Waals surface area contributed by atoms with Crippen LogP contribution in [0.25, 0.3) is 0 Å². The van der Waals surface area contributed by atoms with Crippen molar-refractivity contribution in [2.45, 2.75) is 18.9 Å². The fourth-order valence-corrected chi connectivity index (χ4v) is 3.04. The van der Waals surface area contributed by atoms with Crippen LogP contribution in [0.3, 0.4) is 0 Å². The Labute approximate surface area is 144 Å². The summed E-state index contributed by atoms with van der Waals surface area (Å²) in [5.74, 6) is -0.318. The van der Waals surface area contributed by atoms with E-state index in [1.54, 1.807) is 0 Å². The van der Waals surface area contributed by atoms with E-state index in [9.17, 15) is 14.9 Å². The topological polar surface area (TPSA) is 114 Å². The first-order chi connectivity index (χ1) is 12.0. The lowest BCUT2D eigenvalue weighted by Gasteiger charge is -2.35.